The molecular formula is C17H16FN7. The second-order valence-electron chi connectivity index (χ2n) is 5.58. The van der Waals surface area contributed by atoms with E-state index in [1.165, 1.54) is 12.1 Å². The molecule has 4 rings (SSSR count). The Balaban J connectivity index is 1.52. The number of nitrogens with one attached hydrogen (secondary N) is 1. The molecule has 0 saturated carbocycles. The first kappa shape index (κ1) is 15.3. The van der Waals surface area contributed by atoms with Gasteiger partial charge in [-0.25, -0.2) is 14.4 Å². The van der Waals surface area contributed by atoms with E-state index in [0.29, 0.717) is 22.9 Å². The van der Waals surface area contributed by atoms with Gasteiger partial charge in [0.05, 0.1) is 6.33 Å². The van der Waals surface area contributed by atoms with Gasteiger partial charge in [-0.15, -0.1) is 10.2 Å². The van der Waals surface area contributed by atoms with E-state index in [1.54, 1.807) is 41.5 Å². The molecule has 3 aromatic heterocycles. The summed E-state index contributed by atoms with van der Waals surface area (Å²) in [6.07, 6.45) is 9.86. The van der Waals surface area contributed by atoms with E-state index in [9.17, 15) is 4.39 Å². The van der Waals surface area contributed by atoms with Crippen LogP contribution in [0, 0.1) is 5.82 Å². The SMILES string of the molecule is Fc1cccc(-c2nnc3c(NCCCn4ccnc4)nccn23)c1. The molecule has 8 heteroatoms. The molecule has 0 saturated heterocycles. The molecule has 0 spiro atoms. The predicted molar refractivity (Wildman–Crippen MR) is 91.5 cm³/mol. The van der Waals surface area contributed by atoms with Crippen LogP contribution in [0.2, 0.25) is 0 Å². The van der Waals surface area contributed by atoms with Crippen LogP contribution in [0.15, 0.2) is 55.4 Å². The lowest BCUT2D eigenvalue weighted by Crippen LogP contribution is -2.08. The minimum Gasteiger partial charge on any atom is -0.367 e. The summed E-state index contributed by atoms with van der Waals surface area (Å²) in [5.74, 6) is 0.933. The maximum absolute atomic E-state index is 13.5. The Morgan fingerprint density at radius 3 is 2.92 bits per heavy atom. The number of rotatable bonds is 6. The Bertz CT molecular complexity index is 978. The topological polar surface area (TPSA) is 72.9 Å². The molecule has 0 bridgehead atoms. The van der Waals surface area contributed by atoms with Crippen LogP contribution in [0.1, 0.15) is 6.42 Å². The van der Waals surface area contributed by atoms with Crippen LogP contribution in [0.3, 0.4) is 0 Å². The molecule has 25 heavy (non-hydrogen) atoms. The predicted octanol–water partition coefficient (Wildman–Crippen LogP) is 2.63. The summed E-state index contributed by atoms with van der Waals surface area (Å²) < 4.78 is 17.3. The zero-order valence-electron chi connectivity index (χ0n) is 13.4. The molecule has 0 atom stereocenters. The fourth-order valence-electron chi connectivity index (χ4n) is 2.66. The molecule has 4 aromatic rings. The van der Waals surface area contributed by atoms with E-state index < -0.39 is 0 Å². The van der Waals surface area contributed by atoms with Crippen molar-refractivity contribution in [1.82, 2.24) is 29.1 Å². The lowest BCUT2D eigenvalue weighted by Gasteiger charge is -2.07. The number of hydrogen-bond donors (Lipinski definition) is 1. The van der Waals surface area contributed by atoms with E-state index in [2.05, 4.69) is 25.5 Å². The number of hydrogen-bond acceptors (Lipinski definition) is 5. The number of halogens is 1. The zero-order chi connectivity index (χ0) is 17.1. The van der Waals surface area contributed by atoms with Gasteiger partial charge >= 0.3 is 0 Å². The molecule has 1 N–H and O–H groups in total. The van der Waals surface area contributed by atoms with Crippen LogP contribution in [-0.4, -0.2) is 35.7 Å². The third kappa shape index (κ3) is 3.18. The van der Waals surface area contributed by atoms with Crippen molar-refractivity contribution < 1.29 is 4.39 Å². The quantitative estimate of drug-likeness (QED) is 0.548. The molecule has 1 aromatic carbocycles. The van der Waals surface area contributed by atoms with Crippen molar-refractivity contribution in [3.8, 4) is 11.4 Å². The summed E-state index contributed by atoms with van der Waals surface area (Å²) >= 11 is 0. The van der Waals surface area contributed by atoms with E-state index in [0.717, 1.165) is 19.5 Å². The summed E-state index contributed by atoms with van der Waals surface area (Å²) in [4.78, 5) is 8.36. The standard InChI is InChI=1S/C17H16FN7/c18-14-4-1-3-13(11-14)16-22-23-17-15(21-7-10-25(16)17)20-5-2-8-24-9-6-19-12-24/h1,3-4,6-7,9-12H,2,5,8H2,(H,20,21). The average molecular weight is 337 g/mol. The summed E-state index contributed by atoms with van der Waals surface area (Å²) in [5.41, 5.74) is 1.29. The third-order valence-corrected chi connectivity index (χ3v) is 3.85. The Labute approximate surface area is 143 Å². The van der Waals surface area contributed by atoms with E-state index in [4.69, 9.17) is 0 Å². The van der Waals surface area contributed by atoms with E-state index in [-0.39, 0.29) is 5.82 Å². The van der Waals surface area contributed by atoms with Crippen molar-refractivity contribution >= 4 is 11.5 Å². The second-order valence-corrected chi connectivity index (χ2v) is 5.58. The Morgan fingerprint density at radius 1 is 1.12 bits per heavy atom. The number of aryl methyl sites for hydroxylation is 1. The van der Waals surface area contributed by atoms with Crippen molar-refractivity contribution in [3.63, 3.8) is 0 Å². The number of anilines is 1. The fraction of sp³-hybridized carbons (Fsp3) is 0.176. The lowest BCUT2D eigenvalue weighted by atomic mass is 10.2. The van der Waals surface area contributed by atoms with Crippen LogP contribution >= 0.6 is 0 Å². The number of fused-ring (bicyclic) bond motifs is 1. The highest BCUT2D eigenvalue weighted by atomic mass is 19.1. The molecule has 7 nitrogen and oxygen atoms in total. The molecular weight excluding hydrogens is 321 g/mol. The smallest absolute Gasteiger partial charge is 0.203 e. The Morgan fingerprint density at radius 2 is 2.08 bits per heavy atom. The molecule has 126 valence electrons. The highest BCUT2D eigenvalue weighted by Crippen LogP contribution is 2.21. The largest absolute Gasteiger partial charge is 0.367 e. The highest BCUT2D eigenvalue weighted by molar-refractivity contribution is 5.67. The normalized spacial score (nSPS) is 11.1. The van der Waals surface area contributed by atoms with Gasteiger partial charge in [-0.05, 0) is 18.6 Å². The van der Waals surface area contributed by atoms with Crippen LogP contribution in [0.4, 0.5) is 10.2 Å². The second kappa shape index (κ2) is 6.68. The first-order valence-electron chi connectivity index (χ1n) is 7.96. The van der Waals surface area contributed by atoms with Gasteiger partial charge in [0, 0.05) is 43.4 Å². The van der Waals surface area contributed by atoms with Gasteiger partial charge in [-0.2, -0.15) is 0 Å². The highest BCUT2D eigenvalue weighted by Gasteiger charge is 2.12. The summed E-state index contributed by atoms with van der Waals surface area (Å²) in [5, 5.41) is 11.7. The maximum atomic E-state index is 13.5. The Kier molecular flexibility index (Phi) is 4.07. The summed E-state index contributed by atoms with van der Waals surface area (Å²) in [7, 11) is 0. The van der Waals surface area contributed by atoms with Gasteiger partial charge < -0.3 is 9.88 Å². The van der Waals surface area contributed by atoms with Crippen LogP contribution < -0.4 is 5.32 Å². The molecule has 3 heterocycles. The molecule has 0 amide bonds. The summed E-state index contributed by atoms with van der Waals surface area (Å²) in [6.45, 7) is 1.62. The van der Waals surface area contributed by atoms with Crippen molar-refractivity contribution in [1.29, 1.82) is 0 Å². The van der Waals surface area contributed by atoms with Gasteiger partial charge in [0.1, 0.15) is 5.82 Å². The van der Waals surface area contributed by atoms with Gasteiger partial charge in [-0.1, -0.05) is 12.1 Å². The van der Waals surface area contributed by atoms with E-state index in [1.807, 2.05) is 10.8 Å². The fourth-order valence-corrected chi connectivity index (χ4v) is 2.66. The minimum atomic E-state index is -0.304. The van der Waals surface area contributed by atoms with E-state index >= 15 is 0 Å². The lowest BCUT2D eigenvalue weighted by molar-refractivity contribution is 0.628. The molecule has 0 radical (unpaired) electrons. The Hall–Kier alpha value is -3.29. The van der Waals surface area contributed by atoms with Crippen molar-refractivity contribution in [2.75, 3.05) is 11.9 Å². The first-order chi connectivity index (χ1) is 12.3. The monoisotopic (exact) mass is 337 g/mol. The molecule has 0 aliphatic rings. The van der Waals surface area contributed by atoms with Crippen LogP contribution in [-0.2, 0) is 6.54 Å². The van der Waals surface area contributed by atoms with Crippen molar-refractivity contribution in [2.24, 2.45) is 0 Å². The van der Waals surface area contributed by atoms with Crippen molar-refractivity contribution in [3.05, 3.63) is 61.2 Å². The first-order valence-corrected chi connectivity index (χ1v) is 7.96. The third-order valence-electron chi connectivity index (χ3n) is 3.85. The number of nitrogens with zero attached hydrogens (tertiary/aromatic N) is 6. The van der Waals surface area contributed by atoms with Crippen LogP contribution in [0.25, 0.3) is 17.0 Å². The molecule has 0 unspecified atom stereocenters. The van der Waals surface area contributed by atoms with Gasteiger partial charge in [0.2, 0.25) is 5.65 Å². The number of imidazole rings is 1. The zero-order valence-corrected chi connectivity index (χ0v) is 13.4. The van der Waals surface area contributed by atoms with Crippen LogP contribution in [0.5, 0.6) is 0 Å². The van der Waals surface area contributed by atoms with Gasteiger partial charge in [-0.3, -0.25) is 4.40 Å². The van der Waals surface area contributed by atoms with Gasteiger partial charge in [0.25, 0.3) is 0 Å². The minimum absolute atomic E-state index is 0.304. The number of benzene rings is 1. The number of aromatic nitrogens is 6. The maximum Gasteiger partial charge on any atom is 0.203 e. The molecule has 0 fully saturated rings. The molecule has 0 aliphatic heterocycles. The molecule has 0 aliphatic carbocycles. The summed E-state index contributed by atoms with van der Waals surface area (Å²) in [6, 6.07) is 6.30. The van der Waals surface area contributed by atoms with Gasteiger partial charge in [0.15, 0.2) is 11.6 Å². The average Bonchev–Trinajstić information content (AvgIpc) is 3.28. The van der Waals surface area contributed by atoms with Crippen molar-refractivity contribution in [2.45, 2.75) is 13.0 Å².